The number of benzene rings is 2. The number of alkyl halides is 3. The van der Waals surface area contributed by atoms with E-state index in [4.69, 9.17) is 0 Å². The van der Waals surface area contributed by atoms with Crippen molar-refractivity contribution < 1.29 is 13.2 Å². The molecule has 1 unspecified atom stereocenters. The molecule has 2 aromatic rings. The average Bonchev–Trinajstić information content (AvgIpc) is 2.48. The van der Waals surface area contributed by atoms with Crippen molar-refractivity contribution in [3.8, 4) is 6.07 Å². The summed E-state index contributed by atoms with van der Waals surface area (Å²) in [4.78, 5) is 0. The fraction of sp³-hybridized carbons (Fsp3) is 0.235. The van der Waals surface area contributed by atoms with Crippen LogP contribution in [0, 0.1) is 11.3 Å². The van der Waals surface area contributed by atoms with Gasteiger partial charge in [-0.05, 0) is 30.0 Å². The van der Waals surface area contributed by atoms with E-state index in [1.54, 1.807) is 6.07 Å². The number of halogens is 3. The third kappa shape index (κ3) is 4.09. The van der Waals surface area contributed by atoms with Crippen LogP contribution in [0.25, 0.3) is 0 Å². The molecule has 0 amide bonds. The minimum Gasteiger partial charge on any atom is -0.198 e. The lowest BCUT2D eigenvalue weighted by molar-refractivity contribution is -0.137. The molecular formula is C17H14F3N. The summed E-state index contributed by atoms with van der Waals surface area (Å²) >= 11 is 0. The van der Waals surface area contributed by atoms with Gasteiger partial charge in [-0.2, -0.15) is 18.4 Å². The fourth-order valence-electron chi connectivity index (χ4n) is 2.21. The maximum atomic E-state index is 12.6. The highest BCUT2D eigenvalue weighted by Crippen LogP contribution is 2.30. The van der Waals surface area contributed by atoms with Gasteiger partial charge in [-0.15, -0.1) is 0 Å². The monoisotopic (exact) mass is 289 g/mol. The number of hydrogen-bond acceptors (Lipinski definition) is 1. The molecule has 0 radical (unpaired) electrons. The van der Waals surface area contributed by atoms with E-state index in [9.17, 15) is 18.4 Å². The molecule has 4 heteroatoms. The van der Waals surface area contributed by atoms with E-state index < -0.39 is 11.7 Å². The SMILES string of the molecule is N#CC(CCc1cccc(C(F)(F)F)c1)c1ccccc1. The quantitative estimate of drug-likeness (QED) is 0.781. The Morgan fingerprint density at radius 3 is 2.33 bits per heavy atom. The molecule has 2 rings (SSSR count). The summed E-state index contributed by atoms with van der Waals surface area (Å²) in [5, 5.41) is 9.21. The van der Waals surface area contributed by atoms with Crippen LogP contribution in [0.3, 0.4) is 0 Å². The van der Waals surface area contributed by atoms with Crippen molar-refractivity contribution in [2.45, 2.75) is 24.9 Å². The first kappa shape index (κ1) is 15.1. The lowest BCUT2D eigenvalue weighted by Gasteiger charge is -2.11. The summed E-state index contributed by atoms with van der Waals surface area (Å²) in [6.07, 6.45) is -3.39. The van der Waals surface area contributed by atoms with E-state index in [0.717, 1.165) is 17.7 Å². The molecule has 0 fully saturated rings. The van der Waals surface area contributed by atoms with Crippen LogP contribution in [0.15, 0.2) is 54.6 Å². The Hall–Kier alpha value is -2.28. The van der Waals surface area contributed by atoms with Crippen LogP contribution in [0.2, 0.25) is 0 Å². The Bertz CT molecular complexity index is 626. The highest BCUT2D eigenvalue weighted by Gasteiger charge is 2.30. The minimum absolute atomic E-state index is 0.305. The van der Waals surface area contributed by atoms with Gasteiger partial charge in [-0.3, -0.25) is 0 Å². The van der Waals surface area contributed by atoms with Crippen molar-refractivity contribution in [3.05, 3.63) is 71.3 Å². The molecular weight excluding hydrogens is 275 g/mol. The summed E-state index contributed by atoms with van der Waals surface area (Å²) in [6.45, 7) is 0. The van der Waals surface area contributed by atoms with Gasteiger partial charge in [0.1, 0.15) is 0 Å². The predicted octanol–water partition coefficient (Wildman–Crippen LogP) is 4.95. The maximum Gasteiger partial charge on any atom is 0.416 e. The van der Waals surface area contributed by atoms with Gasteiger partial charge in [0.05, 0.1) is 17.6 Å². The van der Waals surface area contributed by atoms with Crippen LogP contribution in [0.4, 0.5) is 13.2 Å². The van der Waals surface area contributed by atoms with E-state index in [-0.39, 0.29) is 5.92 Å². The molecule has 0 aromatic heterocycles. The van der Waals surface area contributed by atoms with E-state index in [1.165, 1.54) is 6.07 Å². The van der Waals surface area contributed by atoms with Gasteiger partial charge in [-0.1, -0.05) is 48.5 Å². The minimum atomic E-state index is -4.33. The molecule has 0 heterocycles. The van der Waals surface area contributed by atoms with Gasteiger partial charge in [0, 0.05) is 0 Å². The highest BCUT2D eigenvalue weighted by molar-refractivity contribution is 5.28. The number of hydrogen-bond donors (Lipinski definition) is 0. The Morgan fingerprint density at radius 1 is 1.00 bits per heavy atom. The number of rotatable bonds is 4. The lowest BCUT2D eigenvalue weighted by atomic mass is 9.93. The maximum absolute atomic E-state index is 12.6. The molecule has 108 valence electrons. The third-order valence-electron chi connectivity index (χ3n) is 3.33. The van der Waals surface area contributed by atoms with Gasteiger partial charge in [-0.25, -0.2) is 0 Å². The largest absolute Gasteiger partial charge is 0.416 e. The summed E-state index contributed by atoms with van der Waals surface area (Å²) in [5.41, 5.74) is 0.848. The molecule has 0 spiro atoms. The van der Waals surface area contributed by atoms with E-state index in [1.807, 2.05) is 30.3 Å². The Morgan fingerprint density at radius 2 is 1.71 bits per heavy atom. The standard InChI is InChI=1S/C17H14F3N/c18-17(19,20)16-8-4-5-13(11-16)9-10-15(12-21)14-6-2-1-3-7-14/h1-8,11,15H,9-10H2. The number of aryl methyl sites for hydroxylation is 1. The summed E-state index contributed by atoms with van der Waals surface area (Å²) in [5.74, 6) is -0.305. The molecule has 2 aromatic carbocycles. The fourth-order valence-corrected chi connectivity index (χ4v) is 2.21. The first-order valence-electron chi connectivity index (χ1n) is 6.61. The molecule has 0 aliphatic heterocycles. The Labute approximate surface area is 121 Å². The predicted molar refractivity (Wildman–Crippen MR) is 74.6 cm³/mol. The van der Waals surface area contributed by atoms with Crippen LogP contribution in [-0.2, 0) is 12.6 Å². The lowest BCUT2D eigenvalue weighted by Crippen LogP contribution is -2.05. The zero-order valence-electron chi connectivity index (χ0n) is 11.3. The van der Waals surface area contributed by atoms with Crippen molar-refractivity contribution in [1.29, 1.82) is 5.26 Å². The van der Waals surface area contributed by atoms with E-state index in [2.05, 4.69) is 6.07 Å². The highest BCUT2D eigenvalue weighted by atomic mass is 19.4. The molecule has 0 aliphatic rings. The van der Waals surface area contributed by atoms with Gasteiger partial charge in [0.15, 0.2) is 0 Å². The van der Waals surface area contributed by atoms with Crippen molar-refractivity contribution in [2.24, 2.45) is 0 Å². The first-order chi connectivity index (χ1) is 10.0. The molecule has 21 heavy (non-hydrogen) atoms. The molecule has 0 N–H and O–H groups in total. The van der Waals surface area contributed by atoms with Crippen LogP contribution in [-0.4, -0.2) is 0 Å². The van der Waals surface area contributed by atoms with Crippen molar-refractivity contribution in [3.63, 3.8) is 0 Å². The second-order valence-corrected chi connectivity index (χ2v) is 4.83. The van der Waals surface area contributed by atoms with E-state index >= 15 is 0 Å². The normalized spacial score (nSPS) is 12.7. The molecule has 1 nitrogen and oxygen atoms in total. The Balaban J connectivity index is 2.08. The molecule has 0 saturated heterocycles. The zero-order chi connectivity index (χ0) is 15.3. The van der Waals surface area contributed by atoms with Crippen LogP contribution in [0.1, 0.15) is 29.0 Å². The van der Waals surface area contributed by atoms with Crippen molar-refractivity contribution >= 4 is 0 Å². The summed E-state index contributed by atoms with van der Waals surface area (Å²) < 4.78 is 37.9. The smallest absolute Gasteiger partial charge is 0.198 e. The second kappa shape index (κ2) is 6.45. The van der Waals surface area contributed by atoms with Gasteiger partial charge in [0.2, 0.25) is 0 Å². The van der Waals surface area contributed by atoms with Crippen LogP contribution >= 0.6 is 0 Å². The number of nitrogens with zero attached hydrogens (tertiary/aromatic N) is 1. The van der Waals surface area contributed by atoms with Gasteiger partial charge in [0.25, 0.3) is 0 Å². The van der Waals surface area contributed by atoms with Crippen LogP contribution in [0.5, 0.6) is 0 Å². The molecule has 1 atom stereocenters. The van der Waals surface area contributed by atoms with Gasteiger partial charge >= 0.3 is 6.18 Å². The first-order valence-corrected chi connectivity index (χ1v) is 6.61. The molecule has 0 saturated carbocycles. The average molecular weight is 289 g/mol. The molecule has 0 aliphatic carbocycles. The third-order valence-corrected chi connectivity index (χ3v) is 3.33. The number of nitriles is 1. The Kier molecular flexibility index (Phi) is 4.64. The van der Waals surface area contributed by atoms with E-state index in [0.29, 0.717) is 18.4 Å². The van der Waals surface area contributed by atoms with Crippen LogP contribution < -0.4 is 0 Å². The molecule has 0 bridgehead atoms. The second-order valence-electron chi connectivity index (χ2n) is 4.83. The van der Waals surface area contributed by atoms with Crippen molar-refractivity contribution in [2.75, 3.05) is 0 Å². The zero-order valence-corrected chi connectivity index (χ0v) is 11.3. The van der Waals surface area contributed by atoms with Gasteiger partial charge < -0.3 is 0 Å². The summed E-state index contributed by atoms with van der Waals surface area (Å²) in [6, 6.07) is 16.8. The topological polar surface area (TPSA) is 23.8 Å². The summed E-state index contributed by atoms with van der Waals surface area (Å²) in [7, 11) is 0. The van der Waals surface area contributed by atoms with Crippen molar-refractivity contribution in [1.82, 2.24) is 0 Å².